The molecular formula is C19H39AlO. The van der Waals surface area contributed by atoms with Crippen LogP contribution in [0.2, 0.25) is 10.6 Å². The molecule has 0 aromatic heterocycles. The van der Waals surface area contributed by atoms with E-state index in [4.69, 9.17) is 3.79 Å². The second-order valence-electron chi connectivity index (χ2n) is 7.30. The van der Waals surface area contributed by atoms with Gasteiger partial charge in [0.1, 0.15) is 0 Å². The lowest BCUT2D eigenvalue weighted by molar-refractivity contribution is 0.298. The average Bonchev–Trinajstić information content (AvgIpc) is 2.39. The maximum absolute atomic E-state index is 6.25. The molecule has 1 nitrogen and oxygen atoms in total. The summed E-state index contributed by atoms with van der Waals surface area (Å²) in [5, 5.41) is 2.70. The predicted octanol–water partition coefficient (Wildman–Crippen LogP) is 6.61. The molecule has 0 N–H and O–H groups in total. The maximum atomic E-state index is 6.25. The van der Waals surface area contributed by atoms with Gasteiger partial charge in [-0.1, -0.05) is 88.3 Å². The van der Waals surface area contributed by atoms with Gasteiger partial charge in [0, 0.05) is 6.61 Å². The Morgan fingerprint density at radius 1 is 0.810 bits per heavy atom. The number of hydrogen-bond donors (Lipinski definition) is 0. The van der Waals surface area contributed by atoms with E-state index in [9.17, 15) is 0 Å². The summed E-state index contributed by atoms with van der Waals surface area (Å²) in [6.07, 6.45) is 12.7. The summed E-state index contributed by atoms with van der Waals surface area (Å²) in [6, 6.07) is 0. The highest BCUT2D eigenvalue weighted by Gasteiger charge is 2.22. The van der Waals surface area contributed by atoms with Crippen LogP contribution in [-0.4, -0.2) is 21.1 Å². The van der Waals surface area contributed by atoms with Gasteiger partial charge in [0.2, 0.25) is 0 Å². The summed E-state index contributed by atoms with van der Waals surface area (Å²) >= 11 is -0.937. The van der Waals surface area contributed by atoms with E-state index in [0.717, 1.165) is 18.4 Å². The van der Waals surface area contributed by atoms with E-state index in [-0.39, 0.29) is 0 Å². The highest BCUT2D eigenvalue weighted by atomic mass is 27.2. The van der Waals surface area contributed by atoms with E-state index in [1.807, 2.05) is 6.08 Å². The van der Waals surface area contributed by atoms with Crippen molar-refractivity contribution in [2.45, 2.75) is 89.6 Å². The monoisotopic (exact) mass is 310 g/mol. The van der Waals surface area contributed by atoms with Crippen LogP contribution < -0.4 is 0 Å². The van der Waals surface area contributed by atoms with Crippen LogP contribution in [0, 0.1) is 11.8 Å². The molecule has 2 heteroatoms. The number of rotatable bonds is 15. The summed E-state index contributed by atoms with van der Waals surface area (Å²) in [5.41, 5.74) is 0. The Balaban J connectivity index is 3.46. The van der Waals surface area contributed by atoms with Crippen molar-refractivity contribution in [3.63, 3.8) is 0 Å². The van der Waals surface area contributed by atoms with Crippen LogP contribution in [0.4, 0.5) is 0 Å². The first-order valence-corrected chi connectivity index (χ1v) is 11.4. The van der Waals surface area contributed by atoms with Gasteiger partial charge in [-0.05, 0) is 19.3 Å². The molecule has 0 bridgehead atoms. The molecule has 0 aromatic rings. The van der Waals surface area contributed by atoms with Gasteiger partial charge in [-0.2, -0.15) is 0 Å². The van der Waals surface area contributed by atoms with Crippen molar-refractivity contribution < 1.29 is 3.79 Å². The molecule has 0 aliphatic carbocycles. The van der Waals surface area contributed by atoms with Crippen LogP contribution >= 0.6 is 0 Å². The van der Waals surface area contributed by atoms with Gasteiger partial charge in [0.15, 0.2) is 0 Å². The summed E-state index contributed by atoms with van der Waals surface area (Å²) < 4.78 is 6.25. The van der Waals surface area contributed by atoms with E-state index in [1.54, 1.807) is 0 Å². The fourth-order valence-electron chi connectivity index (χ4n) is 2.81. The van der Waals surface area contributed by atoms with Crippen molar-refractivity contribution in [3.8, 4) is 0 Å². The van der Waals surface area contributed by atoms with Gasteiger partial charge in [-0.15, -0.1) is 6.58 Å². The van der Waals surface area contributed by atoms with E-state index in [1.165, 1.54) is 61.9 Å². The van der Waals surface area contributed by atoms with Crippen LogP contribution in [0.5, 0.6) is 0 Å². The highest BCUT2D eigenvalue weighted by molar-refractivity contribution is 6.51. The number of allylic oxidation sites excluding steroid dienone is 1. The zero-order chi connectivity index (χ0) is 15.9. The number of unbranched alkanes of at least 4 members (excludes halogenated alkanes) is 7. The molecule has 124 valence electrons. The maximum Gasteiger partial charge on any atom is 0.461 e. The lowest BCUT2D eigenvalue weighted by Crippen LogP contribution is -2.22. The Kier molecular flexibility index (Phi) is 15.3. The minimum atomic E-state index is -0.937. The van der Waals surface area contributed by atoms with Crippen molar-refractivity contribution in [1.29, 1.82) is 0 Å². The Labute approximate surface area is 139 Å². The Hall–Kier alpha value is 0.232. The molecule has 0 saturated carbocycles. The summed E-state index contributed by atoms with van der Waals surface area (Å²) in [5.74, 6) is 1.60. The van der Waals surface area contributed by atoms with Crippen molar-refractivity contribution in [2.75, 3.05) is 6.61 Å². The average molecular weight is 311 g/mol. The molecule has 0 spiro atoms. The van der Waals surface area contributed by atoms with E-state index >= 15 is 0 Å². The second kappa shape index (κ2) is 15.1. The van der Waals surface area contributed by atoms with Crippen LogP contribution in [0.3, 0.4) is 0 Å². The predicted molar refractivity (Wildman–Crippen MR) is 98.1 cm³/mol. The molecule has 0 saturated heterocycles. The highest BCUT2D eigenvalue weighted by Crippen LogP contribution is 2.16. The molecule has 0 amide bonds. The topological polar surface area (TPSA) is 9.23 Å². The SMILES string of the molecule is C=CCCCCCCCCC[O][Al]([CH2]C(C)C)[CH2]C(C)C. The fraction of sp³-hybridized carbons (Fsp3) is 0.895. The van der Waals surface area contributed by atoms with Crippen molar-refractivity contribution in [2.24, 2.45) is 11.8 Å². The minimum absolute atomic E-state index is 0.802. The van der Waals surface area contributed by atoms with Gasteiger partial charge in [-0.3, -0.25) is 0 Å². The molecule has 0 aromatic carbocycles. The summed E-state index contributed by atoms with van der Waals surface area (Å²) in [4.78, 5) is 0. The first kappa shape index (κ1) is 21.2. The first-order valence-electron chi connectivity index (χ1n) is 9.28. The van der Waals surface area contributed by atoms with Crippen molar-refractivity contribution >= 4 is 14.5 Å². The second-order valence-corrected chi connectivity index (χ2v) is 9.82. The normalized spacial score (nSPS) is 11.3. The molecule has 0 aliphatic heterocycles. The van der Waals surface area contributed by atoms with Gasteiger partial charge in [0.25, 0.3) is 0 Å². The largest absolute Gasteiger partial charge is 0.501 e. The van der Waals surface area contributed by atoms with E-state index in [2.05, 4.69) is 34.3 Å². The quantitative estimate of drug-likeness (QED) is 0.188. The van der Waals surface area contributed by atoms with Gasteiger partial charge in [-0.25, -0.2) is 0 Å². The first-order chi connectivity index (χ1) is 10.1. The Bertz CT molecular complexity index is 216. The summed E-state index contributed by atoms with van der Waals surface area (Å²) in [7, 11) is 0. The molecule has 0 aliphatic rings. The van der Waals surface area contributed by atoms with Gasteiger partial charge < -0.3 is 3.79 Å². The van der Waals surface area contributed by atoms with E-state index < -0.39 is 14.5 Å². The zero-order valence-electron chi connectivity index (χ0n) is 15.2. The van der Waals surface area contributed by atoms with E-state index in [0.29, 0.717) is 0 Å². The third kappa shape index (κ3) is 16.4. The smallest absolute Gasteiger partial charge is 0.461 e. The molecular weight excluding hydrogens is 271 g/mol. The van der Waals surface area contributed by atoms with Crippen LogP contribution in [-0.2, 0) is 3.79 Å². The minimum Gasteiger partial charge on any atom is -0.501 e. The van der Waals surface area contributed by atoms with Crippen LogP contribution in [0.25, 0.3) is 0 Å². The molecule has 21 heavy (non-hydrogen) atoms. The molecule has 0 radical (unpaired) electrons. The Morgan fingerprint density at radius 3 is 1.76 bits per heavy atom. The van der Waals surface area contributed by atoms with Crippen LogP contribution in [0.1, 0.15) is 79.1 Å². The molecule has 0 rings (SSSR count). The fourth-order valence-corrected chi connectivity index (χ4v) is 5.88. The standard InChI is InChI=1S/C11H21O.2C4H9.Al/c1-2-3-4-5-6-7-8-9-10-11-12;2*1-4(2)3;/h2H,1,3-11H2;2*4H,1H2,2-3H3;/q-1;;;+1. The molecule has 0 heterocycles. The van der Waals surface area contributed by atoms with Gasteiger partial charge in [0.05, 0.1) is 0 Å². The summed E-state index contributed by atoms with van der Waals surface area (Å²) in [6.45, 7) is 14.1. The lowest BCUT2D eigenvalue weighted by atomic mass is 10.1. The van der Waals surface area contributed by atoms with Gasteiger partial charge >= 0.3 is 14.5 Å². The van der Waals surface area contributed by atoms with Crippen molar-refractivity contribution in [3.05, 3.63) is 12.7 Å². The van der Waals surface area contributed by atoms with Crippen molar-refractivity contribution in [1.82, 2.24) is 0 Å². The molecule has 0 atom stereocenters. The lowest BCUT2D eigenvalue weighted by Gasteiger charge is -2.17. The van der Waals surface area contributed by atoms with Crippen LogP contribution in [0.15, 0.2) is 12.7 Å². The zero-order valence-corrected chi connectivity index (χ0v) is 16.4. The number of hydrogen-bond acceptors (Lipinski definition) is 1. The third-order valence-corrected chi connectivity index (χ3v) is 7.52. The molecule has 0 unspecified atom stereocenters. The molecule has 0 fully saturated rings. The third-order valence-electron chi connectivity index (χ3n) is 3.87. The Morgan fingerprint density at radius 2 is 1.29 bits per heavy atom.